The zero-order valence-electron chi connectivity index (χ0n) is 10.7. The van der Waals surface area contributed by atoms with Crippen LogP contribution in [-0.4, -0.2) is 31.2 Å². The Balaban J connectivity index is 1.68. The number of hydrogen-bond donors (Lipinski definition) is 1. The summed E-state index contributed by atoms with van der Waals surface area (Å²) in [4.78, 5) is 6.93. The number of aromatic nitrogens is 1. The average molecular weight is 310 g/mol. The first kappa shape index (κ1) is 12.4. The summed E-state index contributed by atoms with van der Waals surface area (Å²) in [6.07, 6.45) is 7.22. The lowest BCUT2D eigenvalue weighted by Gasteiger charge is -2.45. The van der Waals surface area contributed by atoms with Crippen LogP contribution in [0.5, 0.6) is 0 Å². The van der Waals surface area contributed by atoms with Gasteiger partial charge in [-0.2, -0.15) is 0 Å². The van der Waals surface area contributed by atoms with E-state index in [4.69, 9.17) is 0 Å². The molecule has 18 heavy (non-hydrogen) atoms. The second-order valence-electron chi connectivity index (χ2n) is 5.55. The van der Waals surface area contributed by atoms with Crippen molar-refractivity contribution >= 4 is 21.7 Å². The number of nitrogens with one attached hydrogen (secondary N) is 1. The molecule has 1 spiro atoms. The summed E-state index contributed by atoms with van der Waals surface area (Å²) in [6.45, 7) is 4.70. The molecule has 3 rings (SSSR count). The fourth-order valence-electron chi connectivity index (χ4n) is 3.26. The lowest BCUT2D eigenvalue weighted by atomic mass is 9.71. The lowest BCUT2D eigenvalue weighted by molar-refractivity contribution is 0.154. The Morgan fingerprint density at radius 1 is 1.17 bits per heavy atom. The third kappa shape index (κ3) is 2.41. The molecule has 2 aliphatic rings. The van der Waals surface area contributed by atoms with E-state index in [9.17, 15) is 0 Å². The van der Waals surface area contributed by atoms with E-state index >= 15 is 0 Å². The average Bonchev–Trinajstić information content (AvgIpc) is 2.42. The highest BCUT2D eigenvalue weighted by molar-refractivity contribution is 9.10. The van der Waals surface area contributed by atoms with Gasteiger partial charge < -0.3 is 10.2 Å². The Morgan fingerprint density at radius 3 is 2.56 bits per heavy atom. The molecule has 0 atom stereocenters. The molecular formula is C14H20BrN3. The molecule has 2 fully saturated rings. The SMILES string of the molecule is Brc1cccnc1N1CCC2(CCNCC2)CC1. The number of nitrogens with zero attached hydrogens (tertiary/aromatic N) is 2. The first-order valence-corrected chi connectivity index (χ1v) is 7.65. The Bertz CT molecular complexity index is 405. The van der Waals surface area contributed by atoms with Gasteiger partial charge in [0.1, 0.15) is 5.82 Å². The summed E-state index contributed by atoms with van der Waals surface area (Å²) >= 11 is 3.61. The van der Waals surface area contributed by atoms with Gasteiger partial charge in [0, 0.05) is 19.3 Å². The summed E-state index contributed by atoms with van der Waals surface area (Å²) in [5.41, 5.74) is 0.614. The van der Waals surface area contributed by atoms with Crippen molar-refractivity contribution in [2.24, 2.45) is 5.41 Å². The fourth-order valence-corrected chi connectivity index (χ4v) is 3.77. The summed E-state index contributed by atoms with van der Waals surface area (Å²) in [6, 6.07) is 4.06. The van der Waals surface area contributed by atoms with E-state index in [2.05, 4.69) is 37.2 Å². The van der Waals surface area contributed by atoms with Crippen LogP contribution in [-0.2, 0) is 0 Å². The van der Waals surface area contributed by atoms with E-state index in [0.29, 0.717) is 5.41 Å². The molecule has 1 aromatic rings. The van der Waals surface area contributed by atoms with Crippen molar-refractivity contribution in [3.05, 3.63) is 22.8 Å². The highest BCUT2D eigenvalue weighted by atomic mass is 79.9. The molecule has 0 aliphatic carbocycles. The second-order valence-corrected chi connectivity index (χ2v) is 6.40. The predicted molar refractivity (Wildman–Crippen MR) is 77.9 cm³/mol. The van der Waals surface area contributed by atoms with Crippen molar-refractivity contribution in [1.82, 2.24) is 10.3 Å². The maximum atomic E-state index is 4.50. The van der Waals surface area contributed by atoms with Crippen molar-refractivity contribution in [2.45, 2.75) is 25.7 Å². The van der Waals surface area contributed by atoms with E-state index in [1.165, 1.54) is 38.8 Å². The largest absolute Gasteiger partial charge is 0.356 e. The van der Waals surface area contributed by atoms with E-state index in [1.54, 1.807) is 0 Å². The van der Waals surface area contributed by atoms with E-state index < -0.39 is 0 Å². The van der Waals surface area contributed by atoms with E-state index in [1.807, 2.05) is 12.3 Å². The molecule has 1 aromatic heterocycles. The zero-order chi connectivity index (χ0) is 12.4. The van der Waals surface area contributed by atoms with Gasteiger partial charge in [-0.25, -0.2) is 4.98 Å². The van der Waals surface area contributed by atoms with Gasteiger partial charge in [-0.15, -0.1) is 0 Å². The number of piperidine rings is 2. The maximum absolute atomic E-state index is 4.50. The number of halogens is 1. The summed E-state index contributed by atoms with van der Waals surface area (Å²) in [5.74, 6) is 1.11. The Labute approximate surface area is 117 Å². The van der Waals surface area contributed by atoms with Gasteiger partial charge in [-0.05, 0) is 72.3 Å². The van der Waals surface area contributed by atoms with Crippen LogP contribution >= 0.6 is 15.9 Å². The molecule has 1 N–H and O–H groups in total. The standard InChI is InChI=1S/C14H20BrN3/c15-12-2-1-7-17-13(12)18-10-5-14(6-11-18)3-8-16-9-4-14/h1-2,7,16H,3-6,8-11H2. The number of hydrogen-bond acceptors (Lipinski definition) is 3. The second kappa shape index (κ2) is 5.17. The van der Waals surface area contributed by atoms with Crippen molar-refractivity contribution in [3.8, 4) is 0 Å². The normalized spacial score (nSPS) is 23.3. The first-order valence-electron chi connectivity index (χ1n) is 6.85. The Kier molecular flexibility index (Phi) is 3.57. The highest BCUT2D eigenvalue weighted by Crippen LogP contribution is 2.40. The van der Waals surface area contributed by atoms with Crippen LogP contribution in [0.4, 0.5) is 5.82 Å². The minimum Gasteiger partial charge on any atom is -0.356 e. The molecule has 3 nitrogen and oxygen atoms in total. The van der Waals surface area contributed by atoms with Gasteiger partial charge in [0.2, 0.25) is 0 Å². The van der Waals surface area contributed by atoms with Crippen LogP contribution in [0.15, 0.2) is 22.8 Å². The van der Waals surface area contributed by atoms with E-state index in [0.717, 1.165) is 23.4 Å². The molecule has 0 bridgehead atoms. The van der Waals surface area contributed by atoms with Gasteiger partial charge in [0.25, 0.3) is 0 Å². The molecule has 2 aliphatic heterocycles. The molecule has 0 unspecified atom stereocenters. The fraction of sp³-hybridized carbons (Fsp3) is 0.643. The summed E-state index contributed by atoms with van der Waals surface area (Å²) in [7, 11) is 0. The smallest absolute Gasteiger partial charge is 0.142 e. The van der Waals surface area contributed by atoms with Crippen LogP contribution in [0.1, 0.15) is 25.7 Å². The Morgan fingerprint density at radius 2 is 1.89 bits per heavy atom. The molecule has 3 heterocycles. The Hall–Kier alpha value is -0.610. The van der Waals surface area contributed by atoms with Gasteiger partial charge in [-0.1, -0.05) is 0 Å². The van der Waals surface area contributed by atoms with Crippen molar-refractivity contribution in [3.63, 3.8) is 0 Å². The van der Waals surface area contributed by atoms with Gasteiger partial charge >= 0.3 is 0 Å². The molecule has 0 amide bonds. The maximum Gasteiger partial charge on any atom is 0.142 e. The van der Waals surface area contributed by atoms with Gasteiger partial charge in [-0.3, -0.25) is 0 Å². The lowest BCUT2D eigenvalue weighted by Crippen LogP contribution is -2.45. The third-order valence-electron chi connectivity index (χ3n) is 4.53. The summed E-state index contributed by atoms with van der Waals surface area (Å²) < 4.78 is 1.12. The molecule has 98 valence electrons. The predicted octanol–water partition coefficient (Wildman–Crippen LogP) is 2.81. The minimum absolute atomic E-state index is 0.614. The number of rotatable bonds is 1. The molecule has 0 radical (unpaired) electrons. The molecule has 0 aromatic carbocycles. The van der Waals surface area contributed by atoms with Crippen LogP contribution in [0.2, 0.25) is 0 Å². The number of anilines is 1. The third-order valence-corrected chi connectivity index (χ3v) is 5.15. The van der Waals surface area contributed by atoms with Crippen molar-refractivity contribution in [1.29, 1.82) is 0 Å². The monoisotopic (exact) mass is 309 g/mol. The zero-order valence-corrected chi connectivity index (χ0v) is 12.2. The topological polar surface area (TPSA) is 28.2 Å². The quantitative estimate of drug-likeness (QED) is 0.864. The van der Waals surface area contributed by atoms with Crippen LogP contribution in [0.3, 0.4) is 0 Å². The van der Waals surface area contributed by atoms with Crippen molar-refractivity contribution in [2.75, 3.05) is 31.1 Å². The summed E-state index contributed by atoms with van der Waals surface area (Å²) in [5, 5.41) is 3.47. The minimum atomic E-state index is 0.614. The van der Waals surface area contributed by atoms with E-state index in [-0.39, 0.29) is 0 Å². The van der Waals surface area contributed by atoms with Gasteiger partial charge in [0.15, 0.2) is 0 Å². The molecule has 2 saturated heterocycles. The molecule has 0 saturated carbocycles. The van der Waals surface area contributed by atoms with Crippen molar-refractivity contribution < 1.29 is 0 Å². The van der Waals surface area contributed by atoms with Crippen LogP contribution in [0.25, 0.3) is 0 Å². The van der Waals surface area contributed by atoms with Gasteiger partial charge in [0.05, 0.1) is 4.47 Å². The van der Waals surface area contributed by atoms with Crippen LogP contribution in [0, 0.1) is 5.41 Å². The first-order chi connectivity index (χ1) is 8.79. The van der Waals surface area contributed by atoms with Crippen LogP contribution < -0.4 is 10.2 Å². The number of pyridine rings is 1. The molecule has 4 heteroatoms. The highest BCUT2D eigenvalue weighted by Gasteiger charge is 2.35. The molecular weight excluding hydrogens is 290 g/mol.